The summed E-state index contributed by atoms with van der Waals surface area (Å²) in [5.41, 5.74) is 0.985. The molecule has 1 aliphatic heterocycles. The Morgan fingerprint density at radius 2 is 1.66 bits per heavy atom. The van der Waals surface area contributed by atoms with Crippen molar-refractivity contribution in [3.05, 3.63) is 104 Å². The van der Waals surface area contributed by atoms with E-state index in [1.807, 2.05) is 26.0 Å². The van der Waals surface area contributed by atoms with E-state index in [1.165, 1.54) is 23.9 Å². The fourth-order valence-corrected chi connectivity index (χ4v) is 6.47. The lowest BCUT2D eigenvalue weighted by atomic mass is 10.0. The zero-order valence-electron chi connectivity index (χ0n) is 22.4. The predicted molar refractivity (Wildman–Crippen MR) is 160 cm³/mol. The summed E-state index contributed by atoms with van der Waals surface area (Å²) in [7, 11) is 0. The number of hydrogen-bond acceptors (Lipinski definition) is 5. The number of hydrogen-bond donors (Lipinski definition) is 1. The molecule has 1 saturated heterocycles. The van der Waals surface area contributed by atoms with Crippen molar-refractivity contribution in [1.29, 1.82) is 0 Å². The second kappa shape index (κ2) is 11.8. The predicted octanol–water partition coefficient (Wildman–Crippen LogP) is 5.82. The molecule has 0 atom stereocenters. The maximum absolute atomic E-state index is 14.9. The smallest absolute Gasteiger partial charge is 0.272 e. The van der Waals surface area contributed by atoms with E-state index in [2.05, 4.69) is 10.2 Å². The largest absolute Gasteiger partial charge is 0.338 e. The number of thioether (sulfide) groups is 1. The Kier molecular flexibility index (Phi) is 8.40. The Labute approximate surface area is 250 Å². The van der Waals surface area contributed by atoms with E-state index in [-0.39, 0.29) is 30.1 Å². The molecule has 2 amide bonds. The van der Waals surface area contributed by atoms with Crippen LogP contribution in [0.5, 0.6) is 0 Å². The van der Waals surface area contributed by atoms with Gasteiger partial charge >= 0.3 is 0 Å². The van der Waals surface area contributed by atoms with Crippen molar-refractivity contribution in [3.8, 4) is 0 Å². The molecule has 11 heteroatoms. The van der Waals surface area contributed by atoms with E-state index < -0.39 is 16.5 Å². The van der Waals surface area contributed by atoms with Crippen molar-refractivity contribution in [3.63, 3.8) is 0 Å². The molecule has 0 unspecified atom stereocenters. The highest BCUT2D eigenvalue weighted by molar-refractivity contribution is 8.01. The molecule has 0 saturated carbocycles. The average molecular weight is 614 g/mol. The molecule has 1 aromatic heterocycles. The van der Waals surface area contributed by atoms with Crippen molar-refractivity contribution >= 4 is 57.6 Å². The number of aromatic amines is 1. The number of amides is 2. The van der Waals surface area contributed by atoms with E-state index in [1.54, 1.807) is 46.2 Å². The number of carbonyl (C=O) groups excluding carboxylic acids is 2. The molecule has 0 radical (unpaired) electrons. The molecule has 212 valence electrons. The monoisotopic (exact) mass is 612 g/mol. The Balaban J connectivity index is 1.26. The summed E-state index contributed by atoms with van der Waals surface area (Å²) in [5.74, 6) is -1.14. The summed E-state index contributed by atoms with van der Waals surface area (Å²) in [6, 6.07) is 16.7. The van der Waals surface area contributed by atoms with Gasteiger partial charge in [0.1, 0.15) is 5.82 Å². The Bertz CT molecular complexity index is 1700. The molecule has 1 fully saturated rings. The summed E-state index contributed by atoms with van der Waals surface area (Å²) in [6.45, 7) is 4.86. The van der Waals surface area contributed by atoms with Crippen LogP contribution in [0, 0.1) is 5.82 Å². The molecule has 5 rings (SSSR count). The van der Waals surface area contributed by atoms with E-state index in [4.69, 9.17) is 23.2 Å². The van der Waals surface area contributed by atoms with Gasteiger partial charge in [0.15, 0.2) is 0 Å². The average Bonchev–Trinajstić information content (AvgIpc) is 2.96. The first-order valence-corrected chi connectivity index (χ1v) is 14.6. The number of nitrogens with zero attached hydrogens (tertiary/aromatic N) is 3. The third-order valence-corrected chi connectivity index (χ3v) is 8.95. The normalized spacial score (nSPS) is 14.0. The summed E-state index contributed by atoms with van der Waals surface area (Å²) >= 11 is 13.8. The maximum Gasteiger partial charge on any atom is 0.272 e. The van der Waals surface area contributed by atoms with Gasteiger partial charge in [0, 0.05) is 47.9 Å². The number of carbonyl (C=O) groups is 2. The topological polar surface area (TPSA) is 86.4 Å². The molecule has 3 aromatic carbocycles. The third-order valence-electron chi connectivity index (χ3n) is 7.04. The van der Waals surface area contributed by atoms with Crippen molar-refractivity contribution in [2.45, 2.75) is 29.9 Å². The first-order chi connectivity index (χ1) is 19.5. The van der Waals surface area contributed by atoms with Crippen molar-refractivity contribution in [1.82, 2.24) is 20.0 Å². The molecule has 0 bridgehead atoms. The molecular weight excluding hydrogens is 586 g/mol. The first-order valence-electron chi connectivity index (χ1n) is 13.0. The fraction of sp³-hybridized carbons (Fsp3) is 0.267. The second-order valence-electron chi connectivity index (χ2n) is 10.3. The highest BCUT2D eigenvalue weighted by atomic mass is 35.5. The van der Waals surface area contributed by atoms with Crippen molar-refractivity contribution < 1.29 is 14.0 Å². The van der Waals surface area contributed by atoms with Gasteiger partial charge in [0.25, 0.3) is 11.5 Å². The van der Waals surface area contributed by atoms with Gasteiger partial charge in [-0.05, 0) is 55.8 Å². The number of benzene rings is 3. The van der Waals surface area contributed by atoms with Gasteiger partial charge in [0.05, 0.1) is 26.4 Å². The van der Waals surface area contributed by atoms with Crippen LogP contribution >= 0.6 is 35.0 Å². The number of rotatable bonds is 6. The van der Waals surface area contributed by atoms with E-state index in [0.717, 1.165) is 0 Å². The summed E-state index contributed by atoms with van der Waals surface area (Å²) in [5, 5.41) is 8.96. The van der Waals surface area contributed by atoms with Gasteiger partial charge in [0.2, 0.25) is 5.91 Å². The minimum Gasteiger partial charge on any atom is -0.338 e. The van der Waals surface area contributed by atoms with Crippen LogP contribution < -0.4 is 5.56 Å². The number of halogens is 3. The lowest BCUT2D eigenvalue weighted by molar-refractivity contribution is -0.134. The van der Waals surface area contributed by atoms with Crippen LogP contribution in [0.25, 0.3) is 10.8 Å². The highest BCUT2D eigenvalue weighted by Crippen LogP contribution is 2.39. The molecule has 1 N–H and O–H groups in total. The van der Waals surface area contributed by atoms with E-state index in [9.17, 15) is 18.8 Å². The van der Waals surface area contributed by atoms with Crippen molar-refractivity contribution in [2.24, 2.45) is 0 Å². The Hall–Kier alpha value is -3.40. The number of fused-ring (bicyclic) bond motifs is 1. The van der Waals surface area contributed by atoms with Gasteiger partial charge in [-0.25, -0.2) is 9.49 Å². The molecule has 1 aliphatic rings. The first kappa shape index (κ1) is 29.1. The molecule has 41 heavy (non-hydrogen) atoms. The van der Waals surface area contributed by atoms with Gasteiger partial charge in [-0.2, -0.15) is 5.10 Å². The maximum atomic E-state index is 14.9. The van der Waals surface area contributed by atoms with Crippen LogP contribution in [-0.4, -0.2) is 62.7 Å². The number of piperazine rings is 1. The molecule has 7 nitrogen and oxygen atoms in total. The minimum atomic E-state index is -0.819. The standard InChI is InChI=1S/C30H27Cl2FN4O3S/c1-30(2,41-26-17-19(31)8-9-23(26)32)29(40)37-13-11-36(12-14-37)28(39)22-15-18(7-10-24(22)33)16-25-20-5-3-4-6-21(20)27(38)35-34-25/h3-10,15,17H,11-14,16H2,1-2H3,(H,35,38). The molecule has 0 spiro atoms. The number of nitrogens with one attached hydrogen (secondary N) is 1. The summed E-state index contributed by atoms with van der Waals surface area (Å²) in [4.78, 5) is 42.9. The molecule has 4 aromatic rings. The Morgan fingerprint density at radius 3 is 2.39 bits per heavy atom. The lowest BCUT2D eigenvalue weighted by Gasteiger charge is -2.38. The van der Waals surface area contributed by atoms with Crippen LogP contribution in [0.1, 0.15) is 35.5 Å². The molecular formula is C30H27Cl2FN4O3S. The van der Waals surface area contributed by atoms with Crippen LogP contribution in [-0.2, 0) is 11.2 Å². The fourth-order valence-electron chi connectivity index (χ4n) is 4.88. The zero-order chi connectivity index (χ0) is 29.3. The zero-order valence-corrected chi connectivity index (χ0v) is 24.7. The number of aromatic nitrogens is 2. The SMILES string of the molecule is CC(C)(Sc1cc(Cl)ccc1Cl)C(=O)N1CCN(C(=O)c2cc(Cc3n[nH]c(=O)c4ccccc34)ccc2F)CC1. The van der Waals surface area contributed by atoms with Crippen LogP contribution in [0.4, 0.5) is 4.39 Å². The second-order valence-corrected chi connectivity index (χ2v) is 12.8. The molecule has 0 aliphatic carbocycles. The van der Waals surface area contributed by atoms with E-state index in [0.29, 0.717) is 56.5 Å². The quantitative estimate of drug-likeness (QED) is 0.277. The van der Waals surface area contributed by atoms with Gasteiger partial charge in [-0.15, -0.1) is 11.8 Å². The number of H-pyrrole nitrogens is 1. The highest BCUT2D eigenvalue weighted by Gasteiger charge is 2.36. The van der Waals surface area contributed by atoms with Crippen LogP contribution in [0.3, 0.4) is 0 Å². The van der Waals surface area contributed by atoms with Crippen LogP contribution in [0.15, 0.2) is 70.4 Å². The van der Waals surface area contributed by atoms with Gasteiger partial charge < -0.3 is 9.80 Å². The molecule has 2 heterocycles. The van der Waals surface area contributed by atoms with E-state index >= 15 is 0 Å². The van der Waals surface area contributed by atoms with Gasteiger partial charge in [-0.3, -0.25) is 14.4 Å². The minimum absolute atomic E-state index is 0.0394. The lowest BCUT2D eigenvalue weighted by Crippen LogP contribution is -2.54. The van der Waals surface area contributed by atoms with Crippen molar-refractivity contribution in [2.75, 3.05) is 26.2 Å². The third kappa shape index (κ3) is 6.27. The van der Waals surface area contributed by atoms with Gasteiger partial charge in [-0.1, -0.05) is 47.5 Å². The summed E-state index contributed by atoms with van der Waals surface area (Å²) < 4.78 is 14.0. The summed E-state index contributed by atoms with van der Waals surface area (Å²) in [6.07, 6.45) is 0.309. The van der Waals surface area contributed by atoms with Crippen LogP contribution in [0.2, 0.25) is 10.0 Å². The Morgan fingerprint density at radius 1 is 0.976 bits per heavy atom.